The number of rotatable bonds is 18. The van der Waals surface area contributed by atoms with Gasteiger partial charge in [-0.05, 0) is 83.2 Å². The van der Waals surface area contributed by atoms with Crippen LogP contribution in [-0.2, 0) is 26.6 Å². The lowest BCUT2D eigenvalue weighted by atomic mass is 10.0. The van der Waals surface area contributed by atoms with Crippen molar-refractivity contribution in [3.8, 4) is 0 Å². The molecule has 0 bridgehead atoms. The highest BCUT2D eigenvalue weighted by molar-refractivity contribution is 8.33. The van der Waals surface area contributed by atoms with Crippen LogP contribution in [0.3, 0.4) is 0 Å². The third-order valence-corrected chi connectivity index (χ3v) is 13.3. The Kier molecular flexibility index (Phi) is 12.9. The molecule has 4 aromatic carbocycles. The van der Waals surface area contributed by atoms with E-state index in [1.54, 1.807) is 12.1 Å². The molecule has 0 aliphatic rings. The number of unbranched alkanes of at least 4 members (excludes halogenated alkanes) is 9. The minimum atomic E-state index is -4.13. The maximum Gasteiger partial charge on any atom is 0.307 e. The Labute approximate surface area is 262 Å². The standard InChI is InChI=1S/C38H48O3S2/c1-3-5-6-7-8-9-10-11-12-15-22-34-23-20-21-28-38(34)43(39,40)41-42(35-24-16-13-17-25-35,36-26-18-14-19-27-36)37-31-29-33(4-2)30-32-37/h13-14,16-21,23-32H,3-12,15,22H2,1-2H3. The zero-order valence-electron chi connectivity index (χ0n) is 25.9. The fourth-order valence-electron chi connectivity index (χ4n) is 5.60. The van der Waals surface area contributed by atoms with Crippen LogP contribution in [0, 0.1) is 0 Å². The van der Waals surface area contributed by atoms with Crippen molar-refractivity contribution < 1.29 is 12.0 Å². The molecule has 0 spiro atoms. The van der Waals surface area contributed by atoms with Gasteiger partial charge in [0.15, 0.2) is 0 Å². The van der Waals surface area contributed by atoms with Gasteiger partial charge in [-0.1, -0.05) is 138 Å². The largest absolute Gasteiger partial charge is 0.307 e. The molecule has 0 saturated heterocycles. The minimum Gasteiger partial charge on any atom is -0.203 e. The predicted octanol–water partition coefficient (Wildman–Crippen LogP) is 11.3. The average molecular weight is 617 g/mol. The summed E-state index contributed by atoms with van der Waals surface area (Å²) in [5, 5.41) is 0. The Morgan fingerprint density at radius 3 is 1.51 bits per heavy atom. The van der Waals surface area contributed by atoms with Crippen LogP contribution in [-0.4, -0.2) is 8.42 Å². The molecule has 0 N–H and O–H groups in total. The van der Waals surface area contributed by atoms with Crippen LogP contribution < -0.4 is 0 Å². The van der Waals surface area contributed by atoms with Crippen LogP contribution in [0.1, 0.15) is 89.2 Å². The van der Waals surface area contributed by atoms with Gasteiger partial charge in [-0.3, -0.25) is 0 Å². The maximum atomic E-state index is 14.4. The van der Waals surface area contributed by atoms with Gasteiger partial charge in [-0.15, -0.1) is 0 Å². The Balaban J connectivity index is 1.60. The third-order valence-electron chi connectivity index (χ3n) is 8.05. The molecule has 0 aliphatic carbocycles. The highest BCUT2D eigenvalue weighted by Crippen LogP contribution is 2.70. The van der Waals surface area contributed by atoms with E-state index in [9.17, 15) is 8.42 Å². The molecule has 4 rings (SSSR count). The minimum absolute atomic E-state index is 0.278. The number of benzene rings is 4. The molecule has 230 valence electrons. The van der Waals surface area contributed by atoms with Gasteiger partial charge in [-0.25, -0.2) is 3.63 Å². The molecule has 0 unspecified atom stereocenters. The molecule has 0 atom stereocenters. The first-order valence-electron chi connectivity index (χ1n) is 16.1. The topological polar surface area (TPSA) is 43.4 Å². The Bertz CT molecular complexity index is 1430. The Morgan fingerprint density at radius 2 is 0.977 bits per heavy atom. The zero-order valence-corrected chi connectivity index (χ0v) is 27.6. The first-order valence-corrected chi connectivity index (χ1v) is 19.0. The van der Waals surface area contributed by atoms with Crippen molar-refractivity contribution in [2.24, 2.45) is 0 Å². The molecule has 0 amide bonds. The van der Waals surface area contributed by atoms with E-state index >= 15 is 0 Å². The molecule has 0 radical (unpaired) electrons. The lowest BCUT2D eigenvalue weighted by Crippen LogP contribution is -2.16. The molecule has 0 heterocycles. The van der Waals surface area contributed by atoms with E-state index in [2.05, 4.69) is 26.0 Å². The second-order valence-corrected chi connectivity index (χ2v) is 15.7. The van der Waals surface area contributed by atoms with Crippen LogP contribution in [0.15, 0.2) is 129 Å². The molecule has 43 heavy (non-hydrogen) atoms. The van der Waals surface area contributed by atoms with Crippen molar-refractivity contribution in [3.63, 3.8) is 0 Å². The van der Waals surface area contributed by atoms with Gasteiger partial charge >= 0.3 is 10.1 Å². The SMILES string of the molecule is CCCCCCCCCCCCc1ccccc1S(=O)(=O)OS(c1ccccc1)(c1ccccc1)c1ccc(CC)cc1. The second kappa shape index (κ2) is 16.8. The van der Waals surface area contributed by atoms with E-state index in [1.807, 2.05) is 84.9 Å². The number of hydrogen-bond acceptors (Lipinski definition) is 3. The predicted molar refractivity (Wildman–Crippen MR) is 181 cm³/mol. The van der Waals surface area contributed by atoms with Crippen molar-refractivity contribution in [2.45, 2.75) is 110 Å². The van der Waals surface area contributed by atoms with Gasteiger partial charge in [-0.2, -0.15) is 8.42 Å². The van der Waals surface area contributed by atoms with E-state index in [0.29, 0.717) is 0 Å². The summed E-state index contributed by atoms with van der Waals surface area (Å²) in [6, 6.07) is 35.3. The summed E-state index contributed by atoms with van der Waals surface area (Å²) >= 11 is 0. The van der Waals surface area contributed by atoms with Gasteiger partial charge in [0.1, 0.15) is 0 Å². The van der Waals surface area contributed by atoms with Crippen LogP contribution in [0.2, 0.25) is 0 Å². The van der Waals surface area contributed by atoms with Crippen molar-refractivity contribution in [2.75, 3.05) is 0 Å². The summed E-state index contributed by atoms with van der Waals surface area (Å²) in [6.45, 7) is 4.38. The average Bonchev–Trinajstić information content (AvgIpc) is 3.05. The van der Waals surface area contributed by atoms with E-state index in [0.717, 1.165) is 45.9 Å². The lowest BCUT2D eigenvalue weighted by molar-refractivity contribution is 0.506. The van der Waals surface area contributed by atoms with Gasteiger partial charge < -0.3 is 0 Å². The molecule has 0 aliphatic heterocycles. The van der Waals surface area contributed by atoms with Gasteiger partial charge in [0, 0.05) is 14.7 Å². The molecular weight excluding hydrogens is 569 g/mol. The molecular formula is C38H48O3S2. The summed E-state index contributed by atoms with van der Waals surface area (Å²) in [7, 11) is -6.75. The number of aryl methyl sites for hydroxylation is 2. The molecule has 0 saturated carbocycles. The van der Waals surface area contributed by atoms with Crippen LogP contribution in [0.4, 0.5) is 0 Å². The highest BCUT2D eigenvalue weighted by Gasteiger charge is 2.38. The smallest absolute Gasteiger partial charge is 0.203 e. The summed E-state index contributed by atoms with van der Waals surface area (Å²) in [5.74, 6) is 0. The fourth-order valence-corrected chi connectivity index (χ4v) is 11.1. The van der Waals surface area contributed by atoms with E-state index in [4.69, 9.17) is 3.63 Å². The van der Waals surface area contributed by atoms with Crippen molar-refractivity contribution in [1.82, 2.24) is 0 Å². The lowest BCUT2D eigenvalue weighted by Gasteiger charge is -2.39. The van der Waals surface area contributed by atoms with E-state index in [-0.39, 0.29) is 4.90 Å². The number of hydrogen-bond donors (Lipinski definition) is 0. The Hall–Kier alpha value is -2.86. The van der Waals surface area contributed by atoms with Crippen LogP contribution in [0.5, 0.6) is 0 Å². The van der Waals surface area contributed by atoms with Crippen molar-refractivity contribution >= 4 is 20.4 Å². The second-order valence-electron chi connectivity index (χ2n) is 11.2. The summed E-state index contributed by atoms with van der Waals surface area (Å²) in [4.78, 5) is 2.83. The molecule has 3 nitrogen and oxygen atoms in total. The summed E-state index contributed by atoms with van der Waals surface area (Å²) in [5.41, 5.74) is 2.03. The quantitative estimate of drug-likeness (QED) is 0.104. The van der Waals surface area contributed by atoms with Gasteiger partial charge in [0.2, 0.25) is 0 Å². The molecule has 4 aromatic rings. The van der Waals surface area contributed by atoms with Crippen LogP contribution in [0.25, 0.3) is 0 Å². The fraction of sp³-hybridized carbons (Fsp3) is 0.368. The van der Waals surface area contributed by atoms with Crippen molar-refractivity contribution in [1.29, 1.82) is 0 Å². The van der Waals surface area contributed by atoms with E-state index < -0.39 is 20.4 Å². The highest BCUT2D eigenvalue weighted by atomic mass is 32.3. The van der Waals surface area contributed by atoms with Crippen molar-refractivity contribution in [3.05, 3.63) is 120 Å². The molecule has 5 heteroatoms. The van der Waals surface area contributed by atoms with Gasteiger partial charge in [0.25, 0.3) is 0 Å². The summed E-state index contributed by atoms with van der Waals surface area (Å²) in [6.07, 6.45) is 14.1. The molecule has 0 fully saturated rings. The Morgan fingerprint density at radius 1 is 0.512 bits per heavy atom. The summed E-state index contributed by atoms with van der Waals surface area (Å²) < 4.78 is 35.4. The van der Waals surface area contributed by atoms with Gasteiger partial charge in [0.05, 0.1) is 4.90 Å². The third kappa shape index (κ3) is 8.84. The van der Waals surface area contributed by atoms with Crippen LogP contribution >= 0.6 is 10.3 Å². The normalized spacial score (nSPS) is 12.3. The maximum absolute atomic E-state index is 14.4. The van der Waals surface area contributed by atoms with E-state index in [1.165, 1.54) is 56.9 Å². The first-order chi connectivity index (χ1) is 21.0. The monoisotopic (exact) mass is 616 g/mol. The first kappa shape index (κ1) is 33.0. The zero-order chi connectivity index (χ0) is 30.4. The molecule has 0 aromatic heterocycles.